The fraction of sp³-hybridized carbons (Fsp3) is 0.381. The number of amides is 2. The van der Waals surface area contributed by atoms with Crippen LogP contribution in [0.5, 0.6) is 0 Å². The Morgan fingerprint density at radius 3 is 2.52 bits per heavy atom. The molecule has 0 spiro atoms. The van der Waals surface area contributed by atoms with Crippen LogP contribution in [0.15, 0.2) is 36.4 Å². The van der Waals surface area contributed by atoms with Crippen molar-refractivity contribution in [2.24, 2.45) is 0 Å². The van der Waals surface area contributed by atoms with Crippen LogP contribution in [0, 0.1) is 6.92 Å². The summed E-state index contributed by atoms with van der Waals surface area (Å²) in [6, 6.07) is 10.5. The number of pyridine rings is 1. The van der Waals surface area contributed by atoms with E-state index in [1.807, 2.05) is 17.9 Å². The van der Waals surface area contributed by atoms with E-state index in [2.05, 4.69) is 24.1 Å². The molecule has 3 rings (SSSR count). The van der Waals surface area contributed by atoms with Gasteiger partial charge >= 0.3 is 0 Å². The van der Waals surface area contributed by atoms with E-state index in [1.165, 1.54) is 0 Å². The average Bonchev–Trinajstić information content (AvgIpc) is 2.63. The Kier molecular flexibility index (Phi) is 5.80. The molecule has 0 aliphatic carbocycles. The van der Waals surface area contributed by atoms with E-state index in [9.17, 15) is 9.59 Å². The normalized spacial score (nSPS) is 19.6. The van der Waals surface area contributed by atoms with Gasteiger partial charge in [0.15, 0.2) is 0 Å². The van der Waals surface area contributed by atoms with Crippen LogP contribution in [0.2, 0.25) is 5.02 Å². The molecule has 1 fully saturated rings. The first-order valence-corrected chi connectivity index (χ1v) is 9.62. The van der Waals surface area contributed by atoms with Gasteiger partial charge in [0.2, 0.25) is 0 Å². The third-order valence-electron chi connectivity index (χ3n) is 5.01. The number of benzene rings is 1. The maximum Gasteiger partial charge on any atom is 0.274 e. The third-order valence-corrected chi connectivity index (χ3v) is 5.24. The summed E-state index contributed by atoms with van der Waals surface area (Å²) in [6.45, 7) is 5.95. The van der Waals surface area contributed by atoms with Crippen molar-refractivity contribution < 1.29 is 9.59 Å². The summed E-state index contributed by atoms with van der Waals surface area (Å²) in [4.78, 5) is 32.0. The van der Waals surface area contributed by atoms with Crippen molar-refractivity contribution >= 4 is 29.1 Å². The second-order valence-corrected chi connectivity index (χ2v) is 7.59. The number of aromatic nitrogens is 1. The van der Waals surface area contributed by atoms with Crippen LogP contribution >= 0.6 is 11.6 Å². The van der Waals surface area contributed by atoms with Gasteiger partial charge in [-0.15, -0.1) is 0 Å². The number of hydrogen-bond acceptors (Lipinski definition) is 3. The number of carbonyl (C=O) groups is 2. The van der Waals surface area contributed by atoms with Crippen molar-refractivity contribution in [2.45, 2.75) is 52.1 Å². The number of nitrogens with one attached hydrogen (secondary N) is 1. The van der Waals surface area contributed by atoms with Gasteiger partial charge in [-0.05, 0) is 70.4 Å². The molecule has 142 valence electrons. The predicted molar refractivity (Wildman–Crippen MR) is 107 cm³/mol. The van der Waals surface area contributed by atoms with E-state index in [1.54, 1.807) is 30.3 Å². The van der Waals surface area contributed by atoms with Crippen molar-refractivity contribution in [1.82, 2.24) is 9.88 Å². The lowest BCUT2D eigenvalue weighted by Crippen LogP contribution is -2.47. The van der Waals surface area contributed by atoms with Crippen LogP contribution in [-0.2, 0) is 0 Å². The minimum absolute atomic E-state index is 0.107. The number of anilines is 1. The van der Waals surface area contributed by atoms with Gasteiger partial charge in [0.1, 0.15) is 5.69 Å². The Bertz CT molecular complexity index is 858. The summed E-state index contributed by atoms with van der Waals surface area (Å²) >= 11 is 6.15. The smallest absolute Gasteiger partial charge is 0.274 e. The molecule has 2 heterocycles. The monoisotopic (exact) mass is 385 g/mol. The SMILES string of the molecule is Cc1cccc(C(=O)Nc2ccc(Cl)cc2C(=O)N2C(C)CCCC2C)n1. The summed E-state index contributed by atoms with van der Waals surface area (Å²) in [5.74, 6) is -0.459. The number of aryl methyl sites for hydroxylation is 1. The second kappa shape index (κ2) is 8.09. The lowest BCUT2D eigenvalue weighted by Gasteiger charge is -2.39. The Morgan fingerprint density at radius 2 is 1.85 bits per heavy atom. The van der Waals surface area contributed by atoms with Crippen LogP contribution in [0.4, 0.5) is 5.69 Å². The molecule has 1 aliphatic rings. The van der Waals surface area contributed by atoms with Crippen molar-refractivity contribution in [2.75, 3.05) is 5.32 Å². The van der Waals surface area contributed by atoms with Gasteiger partial charge in [0.05, 0.1) is 11.3 Å². The largest absolute Gasteiger partial charge is 0.333 e. The molecule has 2 atom stereocenters. The molecule has 1 N–H and O–H groups in total. The van der Waals surface area contributed by atoms with Crippen LogP contribution in [-0.4, -0.2) is 33.8 Å². The van der Waals surface area contributed by atoms with E-state index >= 15 is 0 Å². The molecule has 0 bridgehead atoms. The van der Waals surface area contributed by atoms with Crippen LogP contribution in [0.3, 0.4) is 0 Å². The molecule has 0 radical (unpaired) electrons. The van der Waals surface area contributed by atoms with Gasteiger partial charge in [0.25, 0.3) is 11.8 Å². The number of hydrogen-bond donors (Lipinski definition) is 1. The van der Waals surface area contributed by atoms with Crippen LogP contribution < -0.4 is 5.32 Å². The van der Waals surface area contributed by atoms with E-state index < -0.39 is 0 Å². The predicted octanol–water partition coefficient (Wildman–Crippen LogP) is 4.70. The quantitative estimate of drug-likeness (QED) is 0.832. The first-order valence-electron chi connectivity index (χ1n) is 9.24. The van der Waals surface area contributed by atoms with Crippen molar-refractivity contribution in [3.05, 3.63) is 58.4 Å². The Hall–Kier alpha value is -2.40. The molecule has 1 aliphatic heterocycles. The molecule has 27 heavy (non-hydrogen) atoms. The maximum absolute atomic E-state index is 13.3. The zero-order valence-corrected chi connectivity index (χ0v) is 16.6. The molecule has 6 heteroatoms. The molecular weight excluding hydrogens is 362 g/mol. The maximum atomic E-state index is 13.3. The van der Waals surface area contributed by atoms with Gasteiger partial charge in [0, 0.05) is 22.8 Å². The van der Waals surface area contributed by atoms with Crippen molar-refractivity contribution in [3.8, 4) is 0 Å². The minimum atomic E-state index is -0.352. The number of halogens is 1. The summed E-state index contributed by atoms with van der Waals surface area (Å²) in [7, 11) is 0. The lowest BCUT2D eigenvalue weighted by atomic mass is 9.96. The number of rotatable bonds is 3. The number of piperidine rings is 1. The summed E-state index contributed by atoms with van der Waals surface area (Å²) in [5, 5.41) is 3.28. The summed E-state index contributed by atoms with van der Waals surface area (Å²) < 4.78 is 0. The van der Waals surface area contributed by atoms with Crippen molar-refractivity contribution in [3.63, 3.8) is 0 Å². The molecule has 0 saturated carbocycles. The topological polar surface area (TPSA) is 62.3 Å². The Morgan fingerprint density at radius 1 is 1.15 bits per heavy atom. The lowest BCUT2D eigenvalue weighted by molar-refractivity contribution is 0.0512. The Balaban J connectivity index is 1.91. The third kappa shape index (κ3) is 4.30. The molecule has 2 unspecified atom stereocenters. The van der Waals surface area contributed by atoms with Crippen LogP contribution in [0.25, 0.3) is 0 Å². The van der Waals surface area contributed by atoms with Gasteiger partial charge in [-0.3, -0.25) is 9.59 Å². The molecule has 1 aromatic carbocycles. The molecular formula is C21H24ClN3O2. The van der Waals surface area contributed by atoms with Crippen LogP contribution in [0.1, 0.15) is 59.7 Å². The highest BCUT2D eigenvalue weighted by Gasteiger charge is 2.31. The zero-order chi connectivity index (χ0) is 19.6. The zero-order valence-electron chi connectivity index (χ0n) is 15.8. The van der Waals surface area contributed by atoms with E-state index in [4.69, 9.17) is 11.6 Å². The number of likely N-dealkylation sites (tertiary alicyclic amines) is 1. The first-order chi connectivity index (χ1) is 12.9. The summed E-state index contributed by atoms with van der Waals surface area (Å²) in [5.41, 5.74) is 1.92. The highest BCUT2D eigenvalue weighted by atomic mass is 35.5. The van der Waals surface area contributed by atoms with Gasteiger partial charge in [-0.2, -0.15) is 0 Å². The first kappa shape index (κ1) is 19.4. The molecule has 5 nitrogen and oxygen atoms in total. The van der Waals surface area contributed by atoms with Gasteiger partial charge < -0.3 is 10.2 Å². The molecule has 2 aromatic rings. The molecule has 1 saturated heterocycles. The molecule has 1 aromatic heterocycles. The fourth-order valence-electron chi connectivity index (χ4n) is 3.62. The number of carbonyl (C=O) groups excluding carboxylic acids is 2. The average molecular weight is 386 g/mol. The van der Waals surface area contributed by atoms with Gasteiger partial charge in [-0.25, -0.2) is 4.98 Å². The van der Waals surface area contributed by atoms with E-state index in [0.29, 0.717) is 22.0 Å². The standard InChI is InChI=1S/C21H24ClN3O2/c1-13-6-4-9-19(23-13)20(26)24-18-11-10-16(22)12-17(18)21(27)25-14(2)7-5-8-15(25)3/h4,6,9-12,14-15H,5,7-8H2,1-3H3,(H,24,26). The highest BCUT2D eigenvalue weighted by Crippen LogP contribution is 2.29. The Labute approximate surface area is 164 Å². The van der Waals surface area contributed by atoms with E-state index in [-0.39, 0.29) is 23.9 Å². The highest BCUT2D eigenvalue weighted by molar-refractivity contribution is 6.31. The van der Waals surface area contributed by atoms with Gasteiger partial charge in [-0.1, -0.05) is 17.7 Å². The van der Waals surface area contributed by atoms with Crippen molar-refractivity contribution in [1.29, 1.82) is 0 Å². The fourth-order valence-corrected chi connectivity index (χ4v) is 3.79. The number of nitrogens with zero attached hydrogens (tertiary/aromatic N) is 2. The van der Waals surface area contributed by atoms with E-state index in [0.717, 1.165) is 25.0 Å². The molecule has 2 amide bonds. The summed E-state index contributed by atoms with van der Waals surface area (Å²) in [6.07, 6.45) is 3.07. The second-order valence-electron chi connectivity index (χ2n) is 7.15. The minimum Gasteiger partial charge on any atom is -0.333 e.